The molecule has 7 nitrogen and oxygen atoms in total. The topological polar surface area (TPSA) is 81.3 Å². The third-order valence-electron chi connectivity index (χ3n) is 5.46. The Kier molecular flexibility index (Phi) is 6.02. The average Bonchev–Trinajstić information content (AvgIpc) is 2.70. The molecular weight excluding hydrogens is 354 g/mol. The summed E-state index contributed by atoms with van der Waals surface area (Å²) in [7, 11) is 0. The number of benzene rings is 1. The van der Waals surface area contributed by atoms with E-state index in [1.165, 1.54) is 23.0 Å². The van der Waals surface area contributed by atoms with Gasteiger partial charge in [0.15, 0.2) is 0 Å². The van der Waals surface area contributed by atoms with Crippen molar-refractivity contribution in [2.24, 2.45) is 0 Å². The molecule has 1 aromatic heterocycles. The Balaban J connectivity index is 1.66. The molecule has 0 aliphatic carbocycles. The van der Waals surface area contributed by atoms with Crippen LogP contribution >= 0.6 is 0 Å². The van der Waals surface area contributed by atoms with Crippen molar-refractivity contribution in [2.75, 3.05) is 36.0 Å². The van der Waals surface area contributed by atoms with Crippen molar-refractivity contribution in [3.05, 3.63) is 51.4 Å². The predicted molar refractivity (Wildman–Crippen MR) is 112 cm³/mol. The zero-order valence-electron chi connectivity index (χ0n) is 17.1. The van der Waals surface area contributed by atoms with E-state index in [9.17, 15) is 9.59 Å². The van der Waals surface area contributed by atoms with Gasteiger partial charge in [-0.25, -0.2) is 4.98 Å². The first-order chi connectivity index (χ1) is 13.4. The second-order valence-corrected chi connectivity index (χ2v) is 7.48. The predicted octanol–water partition coefficient (Wildman–Crippen LogP) is 2.24. The summed E-state index contributed by atoms with van der Waals surface area (Å²) in [4.78, 5) is 36.0. The number of nitrogens with zero attached hydrogens (tertiary/aromatic N) is 3. The number of anilines is 2. The molecule has 7 heteroatoms. The lowest BCUT2D eigenvalue weighted by Crippen LogP contribution is -2.47. The molecule has 2 N–H and O–H groups in total. The molecule has 150 valence electrons. The number of carbonyl (C=O) groups is 1. The van der Waals surface area contributed by atoms with Gasteiger partial charge < -0.3 is 15.1 Å². The summed E-state index contributed by atoms with van der Waals surface area (Å²) in [6.07, 6.45) is 2.18. The SMILES string of the molecule is CCC(C)NC(=O)c1cnc(N2CCN(c3ccc(C)c(C)c3)CC2)[nH]c1=O. The van der Waals surface area contributed by atoms with E-state index in [1.807, 2.05) is 13.8 Å². The van der Waals surface area contributed by atoms with Crippen LogP contribution in [0.1, 0.15) is 41.8 Å². The average molecular weight is 383 g/mol. The molecule has 1 unspecified atom stereocenters. The number of hydrogen-bond acceptors (Lipinski definition) is 5. The minimum atomic E-state index is -0.401. The van der Waals surface area contributed by atoms with E-state index in [4.69, 9.17) is 0 Å². The fraction of sp³-hybridized carbons (Fsp3) is 0.476. The molecular formula is C21H29N5O2. The van der Waals surface area contributed by atoms with E-state index < -0.39 is 5.56 Å². The minimum absolute atomic E-state index is 0.0186. The van der Waals surface area contributed by atoms with Crippen LogP contribution in [-0.2, 0) is 0 Å². The first-order valence-electron chi connectivity index (χ1n) is 9.86. The van der Waals surface area contributed by atoms with Crippen LogP contribution < -0.4 is 20.7 Å². The third-order valence-corrected chi connectivity index (χ3v) is 5.46. The quantitative estimate of drug-likeness (QED) is 0.828. The van der Waals surface area contributed by atoms with E-state index in [1.54, 1.807) is 0 Å². The molecule has 0 bridgehead atoms. The molecule has 3 rings (SSSR count). The van der Waals surface area contributed by atoms with Crippen LogP contribution in [0.5, 0.6) is 0 Å². The summed E-state index contributed by atoms with van der Waals surface area (Å²) in [5, 5.41) is 2.80. The van der Waals surface area contributed by atoms with Crippen molar-refractivity contribution in [1.82, 2.24) is 15.3 Å². The van der Waals surface area contributed by atoms with Crippen molar-refractivity contribution in [3.63, 3.8) is 0 Å². The van der Waals surface area contributed by atoms with Gasteiger partial charge in [0.1, 0.15) is 5.56 Å². The molecule has 0 spiro atoms. The molecule has 28 heavy (non-hydrogen) atoms. The molecule has 1 fully saturated rings. The standard InChI is InChI=1S/C21H29N5O2/c1-5-16(4)23-19(27)18-13-22-21(24-20(18)28)26-10-8-25(9-11-26)17-7-6-14(2)15(3)12-17/h6-7,12-13,16H,5,8-11H2,1-4H3,(H,23,27)(H,22,24,28). The lowest BCUT2D eigenvalue weighted by atomic mass is 10.1. The number of carbonyl (C=O) groups excluding carboxylic acids is 1. The first kappa shape index (κ1) is 19.9. The number of aromatic nitrogens is 2. The number of H-pyrrole nitrogens is 1. The number of rotatable bonds is 5. The summed E-state index contributed by atoms with van der Waals surface area (Å²) in [5.41, 5.74) is 3.46. The van der Waals surface area contributed by atoms with Gasteiger partial charge in [-0.1, -0.05) is 13.0 Å². The van der Waals surface area contributed by atoms with Gasteiger partial charge in [-0.15, -0.1) is 0 Å². The van der Waals surface area contributed by atoms with Gasteiger partial charge in [0, 0.05) is 44.1 Å². The van der Waals surface area contributed by atoms with Crippen LogP contribution in [0.2, 0.25) is 0 Å². The van der Waals surface area contributed by atoms with Gasteiger partial charge in [-0.2, -0.15) is 0 Å². The number of amides is 1. The Morgan fingerprint density at radius 2 is 1.86 bits per heavy atom. The zero-order chi connectivity index (χ0) is 20.3. The van der Waals surface area contributed by atoms with Crippen LogP contribution in [-0.4, -0.2) is 48.1 Å². The van der Waals surface area contributed by atoms with E-state index in [0.717, 1.165) is 32.6 Å². The molecule has 1 atom stereocenters. The molecule has 0 radical (unpaired) electrons. The molecule has 1 aliphatic rings. The summed E-state index contributed by atoms with van der Waals surface area (Å²) in [6, 6.07) is 6.54. The summed E-state index contributed by atoms with van der Waals surface area (Å²) in [6.45, 7) is 11.3. The largest absolute Gasteiger partial charge is 0.368 e. The lowest BCUT2D eigenvalue weighted by molar-refractivity contribution is 0.0937. The number of aromatic amines is 1. The maximum Gasteiger partial charge on any atom is 0.265 e. The maximum absolute atomic E-state index is 12.4. The molecule has 1 saturated heterocycles. The van der Waals surface area contributed by atoms with Crippen LogP contribution in [0.4, 0.5) is 11.6 Å². The highest BCUT2D eigenvalue weighted by molar-refractivity contribution is 5.93. The summed E-state index contributed by atoms with van der Waals surface area (Å²) >= 11 is 0. The Labute approximate surface area is 165 Å². The number of nitrogens with one attached hydrogen (secondary N) is 2. The van der Waals surface area contributed by atoms with Crippen molar-refractivity contribution in [1.29, 1.82) is 0 Å². The van der Waals surface area contributed by atoms with E-state index in [2.05, 4.69) is 57.1 Å². The highest BCUT2D eigenvalue weighted by Crippen LogP contribution is 2.21. The smallest absolute Gasteiger partial charge is 0.265 e. The van der Waals surface area contributed by atoms with Crippen LogP contribution in [0, 0.1) is 13.8 Å². The molecule has 1 aromatic carbocycles. The highest BCUT2D eigenvalue weighted by atomic mass is 16.2. The van der Waals surface area contributed by atoms with Crippen molar-refractivity contribution < 1.29 is 4.79 Å². The lowest BCUT2D eigenvalue weighted by Gasteiger charge is -2.36. The highest BCUT2D eigenvalue weighted by Gasteiger charge is 2.21. The van der Waals surface area contributed by atoms with Crippen LogP contribution in [0.15, 0.2) is 29.2 Å². The normalized spacial score (nSPS) is 15.4. The van der Waals surface area contributed by atoms with Gasteiger partial charge in [0.05, 0.1) is 0 Å². The first-order valence-corrected chi connectivity index (χ1v) is 9.86. The van der Waals surface area contributed by atoms with Gasteiger partial charge in [-0.05, 0) is 50.5 Å². The Bertz CT molecular complexity index is 900. The van der Waals surface area contributed by atoms with Gasteiger partial charge >= 0.3 is 0 Å². The van der Waals surface area contributed by atoms with Gasteiger partial charge in [-0.3, -0.25) is 14.6 Å². The fourth-order valence-electron chi connectivity index (χ4n) is 3.21. The number of hydrogen-bond donors (Lipinski definition) is 2. The number of piperazine rings is 1. The Morgan fingerprint density at radius 3 is 2.46 bits per heavy atom. The van der Waals surface area contributed by atoms with Gasteiger partial charge in [0.25, 0.3) is 11.5 Å². The van der Waals surface area contributed by atoms with Gasteiger partial charge in [0.2, 0.25) is 5.95 Å². The Hall–Kier alpha value is -2.83. The van der Waals surface area contributed by atoms with Crippen LogP contribution in [0.3, 0.4) is 0 Å². The molecule has 1 amide bonds. The summed E-state index contributed by atoms with van der Waals surface area (Å²) in [5.74, 6) is 0.138. The molecule has 0 saturated carbocycles. The molecule has 1 aliphatic heterocycles. The van der Waals surface area contributed by atoms with E-state index >= 15 is 0 Å². The molecule has 2 heterocycles. The van der Waals surface area contributed by atoms with E-state index in [-0.39, 0.29) is 17.5 Å². The second kappa shape index (κ2) is 8.46. The van der Waals surface area contributed by atoms with E-state index in [0.29, 0.717) is 5.95 Å². The monoisotopic (exact) mass is 383 g/mol. The third kappa shape index (κ3) is 4.35. The van der Waals surface area contributed by atoms with Crippen molar-refractivity contribution in [2.45, 2.75) is 40.2 Å². The number of aryl methyl sites for hydroxylation is 2. The van der Waals surface area contributed by atoms with Crippen molar-refractivity contribution in [3.8, 4) is 0 Å². The molecule has 2 aromatic rings. The fourth-order valence-corrected chi connectivity index (χ4v) is 3.21. The maximum atomic E-state index is 12.4. The van der Waals surface area contributed by atoms with Crippen molar-refractivity contribution >= 4 is 17.5 Å². The Morgan fingerprint density at radius 1 is 1.18 bits per heavy atom. The minimum Gasteiger partial charge on any atom is -0.368 e. The summed E-state index contributed by atoms with van der Waals surface area (Å²) < 4.78 is 0. The van der Waals surface area contributed by atoms with Crippen LogP contribution in [0.25, 0.3) is 0 Å². The zero-order valence-corrected chi connectivity index (χ0v) is 17.1. The second-order valence-electron chi connectivity index (χ2n) is 7.48.